The van der Waals surface area contributed by atoms with Crippen LogP contribution in [0.1, 0.15) is 116 Å². The van der Waals surface area contributed by atoms with Crippen molar-refractivity contribution in [1.82, 2.24) is 14.1 Å². The predicted molar refractivity (Wildman–Crippen MR) is 296 cm³/mol. The van der Waals surface area contributed by atoms with E-state index in [1.165, 1.54) is 44.5 Å². The zero-order chi connectivity index (χ0) is 51.1. The molecule has 2 aromatic heterocycles. The molecule has 0 radical (unpaired) electrons. The molecule has 0 atom stereocenters. The van der Waals surface area contributed by atoms with Gasteiger partial charge in [0.05, 0.1) is 0 Å². The van der Waals surface area contributed by atoms with Gasteiger partial charge in [0, 0.05) is 11.8 Å². The maximum atomic E-state index is 6.80. The van der Waals surface area contributed by atoms with Crippen molar-refractivity contribution in [3.63, 3.8) is 0 Å². The number of benzene rings is 7. The number of hydrogen-bond acceptors (Lipinski definition) is 3. The van der Waals surface area contributed by atoms with Crippen LogP contribution in [0.4, 0.5) is 11.5 Å². The average Bonchev–Trinajstić information content (AvgIpc) is 3.63. The zero-order valence-corrected chi connectivity index (χ0v) is 46.4. The first-order valence-corrected chi connectivity index (χ1v) is 26.4. The molecule has 9 aromatic rings. The van der Waals surface area contributed by atoms with Gasteiger partial charge in [0.15, 0.2) is 0 Å². The number of hydrogen-bond donors (Lipinski definition) is 0. The normalized spacial score (nSPS) is 13.1. The summed E-state index contributed by atoms with van der Waals surface area (Å²) in [6, 6.07) is 60.3. The third kappa shape index (κ3) is 9.49. The van der Waals surface area contributed by atoms with Crippen LogP contribution in [0.15, 0.2) is 152 Å². The Morgan fingerprint density at radius 2 is 1.07 bits per heavy atom. The third-order valence-electron chi connectivity index (χ3n) is 14.2. The molecular weight excluding hydrogens is 1060 g/mol. The van der Waals surface area contributed by atoms with Gasteiger partial charge in [-0.25, -0.2) is 0 Å². The molecule has 5 nitrogen and oxygen atoms in total. The molecule has 0 fully saturated rings. The molecule has 0 spiro atoms. The molecule has 1 aliphatic heterocycles. The number of pyridine rings is 1. The van der Waals surface area contributed by atoms with Crippen molar-refractivity contribution < 1.29 is 24.1 Å². The van der Waals surface area contributed by atoms with Crippen LogP contribution in [0.3, 0.4) is 0 Å². The number of ether oxygens (including phenoxy) is 1. The Balaban J connectivity index is 1.06. The van der Waals surface area contributed by atoms with Crippen LogP contribution < -0.4 is 9.64 Å². The Labute approximate surface area is 438 Å². The number of aromatic nitrogens is 3. The first-order chi connectivity index (χ1) is 34.0. The summed E-state index contributed by atoms with van der Waals surface area (Å²) in [6.07, 6.45) is 2.01. The predicted octanol–water partition coefficient (Wildman–Crippen LogP) is 17.4. The molecule has 0 saturated heterocycles. The van der Waals surface area contributed by atoms with Gasteiger partial charge in [0.2, 0.25) is 0 Å². The molecule has 0 amide bonds. The van der Waals surface area contributed by atoms with Gasteiger partial charge in [-0.2, -0.15) is 0 Å². The molecule has 0 saturated carbocycles. The molecule has 1 aliphatic rings. The molecule has 0 aliphatic carbocycles. The van der Waals surface area contributed by atoms with Crippen LogP contribution in [-0.4, -0.2) is 14.1 Å². The van der Waals surface area contributed by atoms with Gasteiger partial charge in [-0.1, -0.05) is 96.1 Å². The Kier molecular flexibility index (Phi) is 12.4. The standard InChI is InChI=1S/C66H66N4O.Pt/c1-43-30-62(67-40-58(43)44-20-15-14-16-21-44)68-41-47-31-45(46-32-48(63(2,3)4)34-49(33-46)64(5,6)7)26-28-56(47)57-29-27-55(39-61(57)68)71-54-23-19-22-52(38-54)69-42-70(60-25-18-17-24-59(60)69)53-36-50(65(8,9)10)35-51(37-53)66(11,12)13;/h14-37,40H,41H2,1-13H3;/q-2;. The van der Waals surface area contributed by atoms with E-state index in [9.17, 15) is 0 Å². The number of para-hydroxylation sites is 2. The second-order valence-electron chi connectivity index (χ2n) is 23.7. The van der Waals surface area contributed by atoms with Gasteiger partial charge in [-0.05, 0) is 57.2 Å². The van der Waals surface area contributed by atoms with Gasteiger partial charge >= 0.3 is 276 Å². The zero-order valence-electron chi connectivity index (χ0n) is 44.2. The SMILES string of the molecule is Cc1cc(N2Cc3cc(-c4cc(C(C)(C)C)cc(C(C)(C)C)c4)ccc3-c3ccc(Oc4[c-]c(-n5[c](=[Pt])n(-c6cc(C(C)(C)C)cc(C(C)(C)C)c6)c6ccccc65)ccc4)[c-]c32)ncc1-c1ccccc1. The van der Waals surface area contributed by atoms with Crippen LogP contribution in [0.5, 0.6) is 11.5 Å². The summed E-state index contributed by atoms with van der Waals surface area (Å²) in [5.41, 5.74) is 19.8. The van der Waals surface area contributed by atoms with Crippen molar-refractivity contribution in [2.45, 2.75) is 118 Å². The molecule has 72 heavy (non-hydrogen) atoms. The molecule has 6 heteroatoms. The second-order valence-corrected chi connectivity index (χ2v) is 24.8. The van der Waals surface area contributed by atoms with Gasteiger partial charge in [-0.3, -0.25) is 0 Å². The molecule has 3 heterocycles. The fourth-order valence-corrected chi connectivity index (χ4v) is 10.9. The van der Waals surface area contributed by atoms with Crippen LogP contribution in [0.25, 0.3) is 55.8 Å². The van der Waals surface area contributed by atoms with Crippen molar-refractivity contribution in [3.8, 4) is 56.3 Å². The maximum absolute atomic E-state index is 6.80. The molecule has 0 bridgehead atoms. The van der Waals surface area contributed by atoms with Crippen LogP contribution in [0, 0.1) is 22.9 Å². The van der Waals surface area contributed by atoms with E-state index in [1.807, 2.05) is 18.3 Å². The fourth-order valence-electron chi connectivity index (χ4n) is 9.77. The summed E-state index contributed by atoms with van der Waals surface area (Å²) >= 11 is 2.48. The van der Waals surface area contributed by atoms with Gasteiger partial charge in [-0.15, -0.1) is 0 Å². The Bertz CT molecular complexity index is 3540. The molecule has 0 unspecified atom stereocenters. The number of nitrogens with zero attached hydrogens (tertiary/aromatic N) is 4. The number of imidazole rings is 1. The third-order valence-corrected chi connectivity index (χ3v) is 15.2. The fraction of sp³-hybridized carbons (Fsp3) is 0.273. The molecule has 368 valence electrons. The Hall–Kier alpha value is -6.55. The van der Waals surface area contributed by atoms with E-state index in [-0.39, 0.29) is 21.7 Å². The van der Waals surface area contributed by atoms with E-state index < -0.39 is 0 Å². The van der Waals surface area contributed by atoms with Crippen molar-refractivity contribution in [3.05, 3.63) is 201 Å². The minimum atomic E-state index is -0.0179. The van der Waals surface area contributed by atoms with Crippen molar-refractivity contribution in [2.75, 3.05) is 4.90 Å². The molecule has 0 N–H and O–H groups in total. The van der Waals surface area contributed by atoms with E-state index >= 15 is 0 Å². The quantitative estimate of drug-likeness (QED) is 0.149. The van der Waals surface area contributed by atoms with Crippen LogP contribution >= 0.6 is 0 Å². The van der Waals surface area contributed by atoms with Crippen molar-refractivity contribution in [2.24, 2.45) is 0 Å². The molecule has 7 aromatic carbocycles. The van der Waals surface area contributed by atoms with Crippen LogP contribution in [-0.2, 0) is 47.6 Å². The van der Waals surface area contributed by atoms with E-state index in [4.69, 9.17) is 9.72 Å². The average molecular weight is 1130 g/mol. The van der Waals surface area contributed by atoms with E-state index in [0.29, 0.717) is 18.0 Å². The number of fused-ring (bicyclic) bond motifs is 4. The first-order valence-electron chi connectivity index (χ1n) is 25.2. The first kappa shape index (κ1) is 49.0. The smallest absolute Gasteiger partial charge is 0.0622 e. The minimum absolute atomic E-state index is 0.0118. The Morgan fingerprint density at radius 1 is 0.500 bits per heavy atom. The Morgan fingerprint density at radius 3 is 1.68 bits per heavy atom. The van der Waals surface area contributed by atoms with Crippen molar-refractivity contribution >= 4 is 22.5 Å². The van der Waals surface area contributed by atoms with E-state index in [0.717, 1.165) is 60.0 Å². The summed E-state index contributed by atoms with van der Waals surface area (Å²) in [5, 5.41) is 0. The van der Waals surface area contributed by atoms with Gasteiger partial charge < -0.3 is 0 Å². The number of anilines is 2. The summed E-state index contributed by atoms with van der Waals surface area (Å²) in [6.45, 7) is 30.4. The monoisotopic (exact) mass is 1130 g/mol. The van der Waals surface area contributed by atoms with E-state index in [2.05, 4.69) is 269 Å². The molecular formula is C66H66N4OPt-2. The number of rotatable bonds is 7. The minimum Gasteiger partial charge on any atom is -0.0622 e. The topological polar surface area (TPSA) is 35.2 Å². The van der Waals surface area contributed by atoms with Crippen LogP contribution in [0.2, 0.25) is 0 Å². The second kappa shape index (κ2) is 18.2. The summed E-state index contributed by atoms with van der Waals surface area (Å²) in [7, 11) is 0. The van der Waals surface area contributed by atoms with Gasteiger partial charge in [0.25, 0.3) is 0 Å². The number of aryl methyl sites for hydroxylation is 1. The summed E-state index contributed by atoms with van der Waals surface area (Å²) < 4.78 is 12.5. The summed E-state index contributed by atoms with van der Waals surface area (Å²) in [4.78, 5) is 7.47. The summed E-state index contributed by atoms with van der Waals surface area (Å²) in [5.74, 6) is 2.07. The van der Waals surface area contributed by atoms with Crippen molar-refractivity contribution in [1.29, 1.82) is 0 Å². The van der Waals surface area contributed by atoms with Gasteiger partial charge in [0.1, 0.15) is 0 Å². The van der Waals surface area contributed by atoms with E-state index in [1.54, 1.807) is 0 Å². The molecule has 10 rings (SSSR count).